The molecule has 0 unspecified atom stereocenters. The van der Waals surface area contributed by atoms with E-state index in [-0.39, 0.29) is 0 Å². The van der Waals surface area contributed by atoms with E-state index in [0.717, 1.165) is 50.0 Å². The molecule has 1 aromatic heterocycles. The lowest BCUT2D eigenvalue weighted by molar-refractivity contribution is 0.738. The smallest absolute Gasteiger partial charge is 0.158 e. The molecule has 3 rings (SSSR count). The van der Waals surface area contributed by atoms with Crippen LogP contribution in [0, 0.1) is 36.5 Å². The van der Waals surface area contributed by atoms with Gasteiger partial charge in [-0.15, -0.1) is 21.6 Å². The average molecular weight is 430 g/mol. The monoisotopic (exact) mass is 429 g/mol. The number of rotatable bonds is 8. The number of azo groups is 1. The van der Waals surface area contributed by atoms with Crippen LogP contribution >= 0.6 is 11.3 Å². The number of hydrogen-bond donors (Lipinski definition) is 0. The molecule has 0 N–H and O–H groups in total. The Balaban J connectivity index is 1.83. The number of nitriles is 2. The highest BCUT2D eigenvalue weighted by Crippen LogP contribution is 2.36. The molecule has 0 saturated carbocycles. The van der Waals surface area contributed by atoms with Crippen molar-refractivity contribution in [2.45, 2.75) is 46.5 Å². The Morgan fingerprint density at radius 1 is 1.13 bits per heavy atom. The molecule has 0 amide bonds. The van der Waals surface area contributed by atoms with E-state index in [1.54, 1.807) is 6.92 Å². The van der Waals surface area contributed by atoms with Crippen LogP contribution in [-0.4, -0.2) is 13.1 Å². The summed E-state index contributed by atoms with van der Waals surface area (Å²) in [5.74, 6) is 0. The van der Waals surface area contributed by atoms with Crippen molar-refractivity contribution in [2.75, 3.05) is 18.0 Å². The Kier molecular flexibility index (Phi) is 7.76. The number of unbranched alkanes of at least 4 members (excludes halogenated alkanes) is 1. The van der Waals surface area contributed by atoms with E-state index in [0.29, 0.717) is 21.0 Å². The molecule has 1 heterocycles. The molecule has 2 aromatic rings. The van der Waals surface area contributed by atoms with Crippen molar-refractivity contribution in [2.24, 2.45) is 10.2 Å². The lowest BCUT2D eigenvalue weighted by Crippen LogP contribution is -2.26. The van der Waals surface area contributed by atoms with Gasteiger partial charge in [0.2, 0.25) is 0 Å². The number of aryl methyl sites for hydroxylation is 1. The van der Waals surface area contributed by atoms with Gasteiger partial charge >= 0.3 is 0 Å². The van der Waals surface area contributed by atoms with E-state index in [1.807, 2.05) is 13.0 Å². The third-order valence-corrected chi connectivity index (χ3v) is 6.44. The number of nitrogens with zero attached hydrogens (tertiary/aromatic N) is 5. The average Bonchev–Trinajstić information content (AvgIpc) is 3.10. The fraction of sp³-hybridized carbons (Fsp3) is 0.360. The molecular formula is C25H27N5S. The maximum absolute atomic E-state index is 9.39. The van der Waals surface area contributed by atoms with E-state index in [1.165, 1.54) is 22.6 Å². The first-order chi connectivity index (χ1) is 15.1. The van der Waals surface area contributed by atoms with Gasteiger partial charge in [-0.3, -0.25) is 0 Å². The minimum absolute atomic E-state index is 0.430. The van der Waals surface area contributed by atoms with Gasteiger partial charge in [0.05, 0.1) is 11.3 Å². The topological polar surface area (TPSA) is 75.5 Å². The van der Waals surface area contributed by atoms with Gasteiger partial charge in [0.25, 0.3) is 0 Å². The van der Waals surface area contributed by atoms with Crippen LogP contribution in [0.1, 0.15) is 54.2 Å². The Morgan fingerprint density at radius 2 is 1.97 bits per heavy atom. The first-order valence-corrected chi connectivity index (χ1v) is 11.5. The Morgan fingerprint density at radius 3 is 2.61 bits per heavy atom. The van der Waals surface area contributed by atoms with Crippen molar-refractivity contribution in [3.8, 4) is 12.1 Å². The maximum Gasteiger partial charge on any atom is 0.158 e. The van der Waals surface area contributed by atoms with Crippen LogP contribution in [0.3, 0.4) is 0 Å². The summed E-state index contributed by atoms with van der Waals surface area (Å²) in [5.41, 5.74) is 5.45. The molecule has 31 heavy (non-hydrogen) atoms. The summed E-state index contributed by atoms with van der Waals surface area (Å²) in [6.45, 7) is 7.94. The van der Waals surface area contributed by atoms with Gasteiger partial charge in [0.1, 0.15) is 17.0 Å². The van der Waals surface area contributed by atoms with Gasteiger partial charge in [0, 0.05) is 18.8 Å². The molecule has 0 spiro atoms. The van der Waals surface area contributed by atoms with Crippen molar-refractivity contribution >= 4 is 27.7 Å². The van der Waals surface area contributed by atoms with Crippen LogP contribution in [-0.2, 0) is 0 Å². The van der Waals surface area contributed by atoms with E-state index in [9.17, 15) is 10.5 Å². The molecule has 0 bridgehead atoms. The summed E-state index contributed by atoms with van der Waals surface area (Å²) in [6.07, 6.45) is 11.4. The number of thiophene rings is 1. The van der Waals surface area contributed by atoms with Crippen molar-refractivity contribution < 1.29 is 0 Å². The highest BCUT2D eigenvalue weighted by atomic mass is 32.1. The summed E-state index contributed by atoms with van der Waals surface area (Å²) in [4.78, 5) is 2.93. The van der Waals surface area contributed by atoms with Crippen LogP contribution in [0.15, 0.2) is 52.2 Å². The van der Waals surface area contributed by atoms with Crippen LogP contribution in [0.5, 0.6) is 0 Å². The molecule has 0 saturated heterocycles. The standard InChI is InChI=1S/C25H27N5S/c1-4-5-13-30(17-20-9-7-6-8-10-20)21-11-12-23(18(2)14-21)28-29-25-22(15-26)19(3)24(16-27)31-25/h7,9-12,14H,4-6,8,13,17H2,1-3H3. The zero-order chi connectivity index (χ0) is 22.2. The molecule has 5 nitrogen and oxygen atoms in total. The fourth-order valence-electron chi connectivity index (χ4n) is 3.51. The zero-order valence-electron chi connectivity index (χ0n) is 18.4. The first-order valence-electron chi connectivity index (χ1n) is 10.6. The van der Waals surface area contributed by atoms with Crippen LogP contribution in [0.2, 0.25) is 0 Å². The van der Waals surface area contributed by atoms with Crippen molar-refractivity contribution in [3.05, 3.63) is 63.6 Å². The van der Waals surface area contributed by atoms with E-state index in [4.69, 9.17) is 0 Å². The van der Waals surface area contributed by atoms with Crippen LogP contribution in [0.25, 0.3) is 0 Å². The van der Waals surface area contributed by atoms with Gasteiger partial charge in [-0.05, 0) is 68.0 Å². The van der Waals surface area contributed by atoms with Crippen molar-refractivity contribution in [1.29, 1.82) is 10.5 Å². The SMILES string of the molecule is CCCCN(CC1=CCCC=C1)c1ccc(N=Nc2sc(C#N)c(C)c2C#N)c(C)c1. The third-order valence-electron chi connectivity index (χ3n) is 5.36. The molecule has 158 valence electrons. The lowest BCUT2D eigenvalue weighted by atomic mass is 10.1. The first kappa shape index (κ1) is 22.5. The van der Waals surface area contributed by atoms with Gasteiger partial charge < -0.3 is 4.90 Å². The quantitative estimate of drug-likeness (QED) is 0.410. The minimum atomic E-state index is 0.430. The Bertz CT molecular complexity index is 1110. The van der Waals surface area contributed by atoms with Gasteiger partial charge in [0.15, 0.2) is 5.00 Å². The molecule has 1 aliphatic rings. The van der Waals surface area contributed by atoms with Gasteiger partial charge in [-0.1, -0.05) is 31.6 Å². The Hall–Kier alpha value is -3.22. The molecule has 0 radical (unpaired) electrons. The summed E-state index contributed by atoms with van der Waals surface area (Å²) in [5, 5.41) is 27.8. The number of anilines is 1. The number of benzene rings is 1. The van der Waals surface area contributed by atoms with E-state index >= 15 is 0 Å². The number of hydrogen-bond acceptors (Lipinski definition) is 6. The molecular weight excluding hydrogens is 402 g/mol. The highest BCUT2D eigenvalue weighted by Gasteiger charge is 2.15. The van der Waals surface area contributed by atoms with Crippen LogP contribution in [0.4, 0.5) is 16.4 Å². The highest BCUT2D eigenvalue weighted by molar-refractivity contribution is 7.16. The molecule has 0 atom stereocenters. The normalized spacial score (nSPS) is 13.1. The third kappa shape index (κ3) is 5.48. The predicted octanol–water partition coefficient (Wildman–Crippen LogP) is 7.41. The molecule has 1 aliphatic carbocycles. The zero-order valence-corrected chi connectivity index (χ0v) is 19.2. The van der Waals surface area contributed by atoms with Crippen molar-refractivity contribution in [3.63, 3.8) is 0 Å². The summed E-state index contributed by atoms with van der Waals surface area (Å²) < 4.78 is 0. The predicted molar refractivity (Wildman–Crippen MR) is 127 cm³/mol. The lowest BCUT2D eigenvalue weighted by Gasteiger charge is -2.26. The summed E-state index contributed by atoms with van der Waals surface area (Å²) in [6, 6.07) is 10.5. The summed E-state index contributed by atoms with van der Waals surface area (Å²) in [7, 11) is 0. The van der Waals surface area contributed by atoms with Gasteiger partial charge in [-0.2, -0.15) is 10.5 Å². The van der Waals surface area contributed by atoms with E-state index < -0.39 is 0 Å². The maximum atomic E-state index is 9.39. The molecule has 6 heteroatoms. The largest absolute Gasteiger partial charge is 0.367 e. The minimum Gasteiger partial charge on any atom is -0.367 e. The van der Waals surface area contributed by atoms with Gasteiger partial charge in [-0.25, -0.2) is 0 Å². The Labute approximate surface area is 188 Å². The second kappa shape index (κ2) is 10.7. The number of allylic oxidation sites excluding steroid dienone is 2. The molecule has 1 aromatic carbocycles. The fourth-order valence-corrected chi connectivity index (χ4v) is 4.39. The van der Waals surface area contributed by atoms with Crippen LogP contribution < -0.4 is 4.90 Å². The second-order valence-electron chi connectivity index (χ2n) is 7.66. The second-order valence-corrected chi connectivity index (χ2v) is 8.66. The molecule has 0 fully saturated rings. The molecule has 0 aliphatic heterocycles. The van der Waals surface area contributed by atoms with E-state index in [2.05, 4.69) is 64.6 Å². The summed E-state index contributed by atoms with van der Waals surface area (Å²) >= 11 is 1.21. The van der Waals surface area contributed by atoms with Crippen molar-refractivity contribution in [1.82, 2.24) is 0 Å².